The van der Waals surface area contributed by atoms with Gasteiger partial charge in [0.05, 0.1) is 11.7 Å². The fourth-order valence-electron chi connectivity index (χ4n) is 2.66. The molecule has 1 heterocycles. The molecule has 1 aliphatic heterocycles. The van der Waals surface area contributed by atoms with Gasteiger partial charge in [0.2, 0.25) is 5.79 Å². The van der Waals surface area contributed by atoms with Crippen LogP contribution in [-0.2, 0) is 9.53 Å². The van der Waals surface area contributed by atoms with Crippen molar-refractivity contribution < 1.29 is 19.7 Å². The summed E-state index contributed by atoms with van der Waals surface area (Å²) in [4.78, 5) is 11.5. The van der Waals surface area contributed by atoms with Crippen LogP contribution in [0.15, 0.2) is 11.6 Å². The highest BCUT2D eigenvalue weighted by Crippen LogP contribution is 2.25. The van der Waals surface area contributed by atoms with Gasteiger partial charge in [0, 0.05) is 6.92 Å². The van der Waals surface area contributed by atoms with Gasteiger partial charge in [-0.3, -0.25) is 0 Å². The number of unbranched alkanes of at least 4 members (excludes halogenated alkanes) is 8. The number of carbonyl (C=O) groups is 1. The van der Waals surface area contributed by atoms with Crippen LogP contribution in [-0.4, -0.2) is 28.1 Å². The fraction of sp³-hybridized carbons (Fsp3) is 0.824. The molecule has 0 spiro atoms. The normalized spacial score (nSPS) is 23.0. The molecule has 2 atom stereocenters. The molecular weight excluding hydrogens is 268 g/mol. The first-order valence-corrected chi connectivity index (χ1v) is 8.33. The number of hydrogen-bond acceptors (Lipinski definition) is 4. The highest BCUT2D eigenvalue weighted by molar-refractivity contribution is 5.92. The number of rotatable bonds is 11. The van der Waals surface area contributed by atoms with Gasteiger partial charge < -0.3 is 14.9 Å². The van der Waals surface area contributed by atoms with Crippen molar-refractivity contribution in [1.29, 1.82) is 0 Å². The third-order valence-corrected chi connectivity index (χ3v) is 3.90. The molecule has 2 unspecified atom stereocenters. The van der Waals surface area contributed by atoms with Crippen LogP contribution in [0, 0.1) is 0 Å². The quantitative estimate of drug-likeness (QED) is 0.453. The lowest BCUT2D eigenvalue weighted by molar-refractivity contribution is -0.173. The molecule has 0 bridgehead atoms. The predicted octanol–water partition coefficient (Wildman–Crippen LogP) is 3.46. The molecule has 0 aromatic heterocycles. The topological polar surface area (TPSA) is 66.8 Å². The van der Waals surface area contributed by atoms with Crippen molar-refractivity contribution in [3.05, 3.63) is 11.6 Å². The summed E-state index contributed by atoms with van der Waals surface area (Å²) in [5, 5.41) is 19.6. The van der Waals surface area contributed by atoms with Crippen LogP contribution < -0.4 is 0 Å². The summed E-state index contributed by atoms with van der Waals surface area (Å²) < 4.78 is 4.74. The zero-order valence-electron chi connectivity index (χ0n) is 13.4. The van der Waals surface area contributed by atoms with E-state index < -0.39 is 17.9 Å². The van der Waals surface area contributed by atoms with Crippen LogP contribution in [0.25, 0.3) is 0 Å². The van der Waals surface area contributed by atoms with Gasteiger partial charge in [0.15, 0.2) is 0 Å². The molecule has 0 saturated carbocycles. The number of cyclic esters (lactones) is 1. The van der Waals surface area contributed by atoms with Crippen molar-refractivity contribution in [2.24, 2.45) is 0 Å². The Balaban J connectivity index is 2.06. The van der Waals surface area contributed by atoms with Gasteiger partial charge >= 0.3 is 5.97 Å². The van der Waals surface area contributed by atoms with Crippen LogP contribution in [0.2, 0.25) is 0 Å². The molecule has 1 rings (SSSR count). The lowest BCUT2D eigenvalue weighted by Crippen LogP contribution is -2.22. The highest BCUT2D eigenvalue weighted by Gasteiger charge is 2.36. The Morgan fingerprint density at radius 1 is 1.10 bits per heavy atom. The van der Waals surface area contributed by atoms with Gasteiger partial charge in [-0.25, -0.2) is 4.79 Å². The maximum Gasteiger partial charge on any atom is 0.339 e. The second-order valence-corrected chi connectivity index (χ2v) is 6.18. The van der Waals surface area contributed by atoms with E-state index >= 15 is 0 Å². The lowest BCUT2D eigenvalue weighted by atomic mass is 10.0. The second-order valence-electron chi connectivity index (χ2n) is 6.18. The summed E-state index contributed by atoms with van der Waals surface area (Å²) in [5.74, 6) is -2.17. The maximum absolute atomic E-state index is 11.5. The molecule has 122 valence electrons. The van der Waals surface area contributed by atoms with E-state index in [-0.39, 0.29) is 5.57 Å². The zero-order chi connectivity index (χ0) is 15.7. The first-order chi connectivity index (χ1) is 9.96. The Morgan fingerprint density at radius 2 is 1.62 bits per heavy atom. The molecule has 0 aromatic carbocycles. The smallest absolute Gasteiger partial charge is 0.339 e. The van der Waals surface area contributed by atoms with Gasteiger partial charge in [-0.15, -0.1) is 0 Å². The first kappa shape index (κ1) is 18.2. The molecule has 0 aliphatic carbocycles. The third kappa shape index (κ3) is 7.09. The van der Waals surface area contributed by atoms with E-state index in [1.165, 1.54) is 57.9 Å². The fourth-order valence-corrected chi connectivity index (χ4v) is 2.66. The van der Waals surface area contributed by atoms with E-state index in [4.69, 9.17) is 4.74 Å². The van der Waals surface area contributed by atoms with E-state index in [1.807, 2.05) is 0 Å². The summed E-state index contributed by atoms with van der Waals surface area (Å²) in [6.07, 6.45) is 12.0. The summed E-state index contributed by atoms with van der Waals surface area (Å²) in [5.41, 5.74) is 0.194. The minimum Gasteiger partial charge on any atom is -0.426 e. The van der Waals surface area contributed by atoms with Crippen molar-refractivity contribution in [3.8, 4) is 0 Å². The van der Waals surface area contributed by atoms with E-state index in [1.54, 1.807) is 0 Å². The average molecular weight is 298 g/mol. The van der Waals surface area contributed by atoms with Crippen molar-refractivity contribution in [3.63, 3.8) is 0 Å². The summed E-state index contributed by atoms with van der Waals surface area (Å²) in [6.45, 7) is 3.61. The van der Waals surface area contributed by atoms with Crippen molar-refractivity contribution in [2.45, 2.75) is 89.9 Å². The predicted molar refractivity (Wildman–Crippen MR) is 82.6 cm³/mol. The van der Waals surface area contributed by atoms with E-state index in [2.05, 4.69) is 6.92 Å². The molecule has 0 saturated heterocycles. The molecule has 0 radical (unpaired) electrons. The molecule has 1 aliphatic rings. The van der Waals surface area contributed by atoms with Gasteiger partial charge in [-0.05, 0) is 12.5 Å². The SMILES string of the molecule is CCCCCCCCCCCC(O)C1=CC(C)(O)OC1=O. The van der Waals surface area contributed by atoms with Crippen LogP contribution in [0.5, 0.6) is 0 Å². The summed E-state index contributed by atoms with van der Waals surface area (Å²) in [6, 6.07) is 0. The molecule has 0 fully saturated rings. The molecule has 21 heavy (non-hydrogen) atoms. The molecule has 0 aromatic rings. The van der Waals surface area contributed by atoms with Crippen LogP contribution >= 0.6 is 0 Å². The van der Waals surface area contributed by atoms with Crippen molar-refractivity contribution >= 4 is 5.97 Å². The van der Waals surface area contributed by atoms with E-state index in [0.29, 0.717) is 6.42 Å². The molecule has 0 amide bonds. The van der Waals surface area contributed by atoms with Crippen LogP contribution in [0.4, 0.5) is 0 Å². The Labute approximate surface area is 128 Å². The standard InChI is InChI=1S/C17H30O4/c1-3-4-5-6-7-8-9-10-11-12-15(18)14-13-17(2,20)21-16(14)19/h13,15,18,20H,3-12H2,1-2H3. The van der Waals surface area contributed by atoms with E-state index in [0.717, 1.165) is 12.8 Å². The molecule has 4 heteroatoms. The Bertz CT molecular complexity index is 347. The maximum atomic E-state index is 11.5. The molecule has 4 nitrogen and oxygen atoms in total. The zero-order valence-corrected chi connectivity index (χ0v) is 13.4. The molecule has 2 N–H and O–H groups in total. The number of esters is 1. The monoisotopic (exact) mass is 298 g/mol. The Hall–Kier alpha value is -0.870. The number of aliphatic hydroxyl groups is 2. The number of hydrogen-bond donors (Lipinski definition) is 2. The van der Waals surface area contributed by atoms with Crippen LogP contribution in [0.3, 0.4) is 0 Å². The summed E-state index contributed by atoms with van der Waals surface area (Å²) >= 11 is 0. The largest absolute Gasteiger partial charge is 0.426 e. The Morgan fingerprint density at radius 3 is 2.10 bits per heavy atom. The number of aliphatic hydroxyl groups excluding tert-OH is 1. The van der Waals surface area contributed by atoms with Crippen molar-refractivity contribution in [2.75, 3.05) is 0 Å². The van der Waals surface area contributed by atoms with E-state index in [9.17, 15) is 15.0 Å². The minimum absolute atomic E-state index is 0.194. The highest BCUT2D eigenvalue weighted by atomic mass is 16.7. The lowest BCUT2D eigenvalue weighted by Gasteiger charge is -2.11. The van der Waals surface area contributed by atoms with Crippen molar-refractivity contribution in [1.82, 2.24) is 0 Å². The van der Waals surface area contributed by atoms with Crippen LogP contribution in [0.1, 0.15) is 78.1 Å². The summed E-state index contributed by atoms with van der Waals surface area (Å²) in [7, 11) is 0. The van der Waals surface area contributed by atoms with Gasteiger partial charge in [0.25, 0.3) is 0 Å². The van der Waals surface area contributed by atoms with Gasteiger partial charge in [-0.1, -0.05) is 64.7 Å². The molecular formula is C17H30O4. The Kier molecular flexibility index (Phi) is 7.97. The number of carbonyl (C=O) groups excluding carboxylic acids is 1. The number of ether oxygens (including phenoxy) is 1. The average Bonchev–Trinajstić information content (AvgIpc) is 2.70. The third-order valence-electron chi connectivity index (χ3n) is 3.90. The van der Waals surface area contributed by atoms with Gasteiger partial charge in [0.1, 0.15) is 0 Å². The van der Waals surface area contributed by atoms with Gasteiger partial charge in [-0.2, -0.15) is 0 Å². The first-order valence-electron chi connectivity index (χ1n) is 8.33. The second kappa shape index (κ2) is 9.21. The minimum atomic E-state index is -1.56.